The molecule has 0 aromatic rings. The third-order valence-electron chi connectivity index (χ3n) is 3.04. The first-order valence-electron chi connectivity index (χ1n) is 5.75. The molecule has 0 amide bonds. The lowest BCUT2D eigenvalue weighted by Gasteiger charge is -2.35. The number of hydrogen-bond acceptors (Lipinski definition) is 6. The van der Waals surface area contributed by atoms with Gasteiger partial charge in [-0.2, -0.15) is 22.9 Å². The highest BCUT2D eigenvalue weighted by Crippen LogP contribution is 2.42. The second kappa shape index (κ2) is 5.26. The molecule has 1 heterocycles. The zero-order valence-corrected chi connectivity index (χ0v) is 9.94. The van der Waals surface area contributed by atoms with E-state index in [0.717, 1.165) is 0 Å². The van der Waals surface area contributed by atoms with Crippen molar-refractivity contribution in [3.8, 4) is 0 Å². The molecule has 1 saturated heterocycles. The van der Waals surface area contributed by atoms with Crippen molar-refractivity contribution in [1.29, 1.82) is 0 Å². The summed E-state index contributed by atoms with van der Waals surface area (Å²) in [5.41, 5.74) is -4.55. The zero-order chi connectivity index (χ0) is 15.0. The Morgan fingerprint density at radius 3 is 2.30 bits per heavy atom. The fraction of sp³-hybridized carbons (Fsp3) is 0.800. The lowest BCUT2D eigenvalue weighted by atomic mass is 9.96. The third kappa shape index (κ3) is 2.50. The Kier molecular flexibility index (Phi) is 3.98. The maximum Gasteiger partial charge on any atom is 0.439 e. The molecule has 6 nitrogen and oxygen atoms in total. The van der Waals surface area contributed by atoms with Crippen LogP contribution >= 0.6 is 0 Å². The molecule has 2 fully saturated rings. The molecule has 2 rings (SSSR count). The van der Waals surface area contributed by atoms with Gasteiger partial charge in [0.05, 0.1) is 0 Å². The van der Waals surface area contributed by atoms with Crippen molar-refractivity contribution in [3.05, 3.63) is 0 Å². The van der Waals surface area contributed by atoms with Gasteiger partial charge in [0.25, 0.3) is 6.29 Å². The second-order valence-electron chi connectivity index (χ2n) is 4.41. The minimum absolute atomic E-state index is 0.0569. The molecule has 0 spiro atoms. The minimum atomic E-state index is -5.64. The normalized spacial score (nSPS) is 27.6. The molecule has 1 saturated carbocycles. The van der Waals surface area contributed by atoms with E-state index >= 15 is 0 Å². The van der Waals surface area contributed by atoms with Crippen LogP contribution in [0, 0.1) is 0 Å². The predicted molar refractivity (Wildman–Crippen MR) is 50.3 cm³/mol. The van der Waals surface area contributed by atoms with E-state index in [0.29, 0.717) is 12.8 Å². The number of carbonyl (C=O) groups is 2. The van der Waals surface area contributed by atoms with Crippen molar-refractivity contribution in [1.82, 2.24) is 0 Å². The Hall–Kier alpha value is -1.26. The Labute approximate surface area is 109 Å². The van der Waals surface area contributed by atoms with Crippen LogP contribution in [0.15, 0.2) is 0 Å². The smallest absolute Gasteiger partial charge is 0.439 e. The Morgan fingerprint density at radius 1 is 1.20 bits per heavy atom. The van der Waals surface area contributed by atoms with Gasteiger partial charge in [-0.25, -0.2) is 9.18 Å². The summed E-state index contributed by atoms with van der Waals surface area (Å²) in [5, 5.41) is 3.52. The molecule has 0 aromatic carbocycles. The summed E-state index contributed by atoms with van der Waals surface area (Å²) in [6.07, 6.45) is -8.46. The van der Waals surface area contributed by atoms with Gasteiger partial charge in [0.1, 0.15) is 0 Å². The summed E-state index contributed by atoms with van der Waals surface area (Å²) < 4.78 is 56.4. The van der Waals surface area contributed by atoms with Crippen LogP contribution in [-0.4, -0.2) is 36.0 Å². The van der Waals surface area contributed by atoms with Crippen LogP contribution < -0.4 is 0 Å². The summed E-state index contributed by atoms with van der Waals surface area (Å²) in [5.74, 6) is -2.82. The maximum absolute atomic E-state index is 14.0. The zero-order valence-electron chi connectivity index (χ0n) is 9.94. The van der Waals surface area contributed by atoms with Crippen molar-refractivity contribution in [3.63, 3.8) is 0 Å². The fourth-order valence-electron chi connectivity index (χ4n) is 1.85. The van der Waals surface area contributed by atoms with Crippen LogP contribution in [0.4, 0.5) is 17.6 Å². The summed E-state index contributed by atoms with van der Waals surface area (Å²) in [6.45, 7) is 0. The van der Waals surface area contributed by atoms with E-state index in [2.05, 4.69) is 19.6 Å². The molecule has 114 valence electrons. The first-order valence-corrected chi connectivity index (χ1v) is 5.75. The summed E-state index contributed by atoms with van der Waals surface area (Å²) >= 11 is 0. The van der Waals surface area contributed by atoms with E-state index in [-0.39, 0.29) is 12.8 Å². The first-order chi connectivity index (χ1) is 9.26. The van der Waals surface area contributed by atoms with Crippen LogP contribution in [-0.2, 0) is 29.1 Å². The maximum atomic E-state index is 14.0. The van der Waals surface area contributed by atoms with Crippen molar-refractivity contribution in [2.24, 2.45) is 0 Å². The summed E-state index contributed by atoms with van der Waals surface area (Å²) in [7, 11) is 0. The summed E-state index contributed by atoms with van der Waals surface area (Å²) in [4.78, 5) is 30.4. The van der Waals surface area contributed by atoms with Crippen LogP contribution in [0.3, 0.4) is 0 Å². The Balaban J connectivity index is 2.12. The van der Waals surface area contributed by atoms with Crippen LogP contribution in [0.25, 0.3) is 0 Å². The quantitative estimate of drug-likeness (QED) is 0.447. The van der Waals surface area contributed by atoms with E-state index in [1.165, 1.54) is 0 Å². The number of ketones is 1. The van der Waals surface area contributed by atoms with Crippen LogP contribution in [0.1, 0.15) is 25.7 Å². The van der Waals surface area contributed by atoms with E-state index in [1.54, 1.807) is 0 Å². The highest BCUT2D eigenvalue weighted by atomic mass is 19.4. The number of ether oxygens (including phenoxy) is 1. The standard InChI is InChI=1S/C10H10F4O6/c11-9(10(12,13)14,8-18-20-19-8)7(16)17-6-4-2-1-3-5(6)15/h6,8H,1-4H2. The minimum Gasteiger partial charge on any atom is -0.452 e. The third-order valence-corrected chi connectivity index (χ3v) is 3.04. The largest absolute Gasteiger partial charge is 0.452 e. The molecular formula is C10H10F4O6. The molecule has 0 N–H and O–H groups in total. The van der Waals surface area contributed by atoms with Gasteiger partial charge in [-0.15, -0.1) is 0 Å². The second-order valence-corrected chi connectivity index (χ2v) is 4.41. The molecule has 0 aromatic heterocycles. The van der Waals surface area contributed by atoms with E-state index < -0.39 is 36.0 Å². The van der Waals surface area contributed by atoms with Crippen LogP contribution in [0.2, 0.25) is 0 Å². The average Bonchev–Trinajstić information content (AvgIpc) is 2.28. The lowest BCUT2D eigenvalue weighted by Crippen LogP contribution is -2.62. The monoisotopic (exact) mass is 302 g/mol. The van der Waals surface area contributed by atoms with Gasteiger partial charge in [0.2, 0.25) is 0 Å². The number of alkyl halides is 4. The molecule has 10 heteroatoms. The topological polar surface area (TPSA) is 71.1 Å². The van der Waals surface area contributed by atoms with Crippen molar-refractivity contribution >= 4 is 11.8 Å². The van der Waals surface area contributed by atoms with Gasteiger partial charge in [0.15, 0.2) is 11.9 Å². The number of rotatable bonds is 3. The van der Waals surface area contributed by atoms with Crippen LogP contribution in [0.5, 0.6) is 0 Å². The Morgan fingerprint density at radius 2 is 1.85 bits per heavy atom. The highest BCUT2D eigenvalue weighted by molar-refractivity contribution is 5.88. The fourth-order valence-corrected chi connectivity index (χ4v) is 1.85. The molecule has 2 atom stereocenters. The Bertz CT molecular complexity index is 407. The van der Waals surface area contributed by atoms with Gasteiger partial charge in [0, 0.05) is 6.42 Å². The highest BCUT2D eigenvalue weighted by Gasteiger charge is 2.73. The van der Waals surface area contributed by atoms with E-state index in [1.807, 2.05) is 0 Å². The van der Waals surface area contributed by atoms with E-state index in [4.69, 9.17) is 0 Å². The molecule has 2 aliphatic rings. The number of halogens is 4. The molecule has 1 aliphatic heterocycles. The SMILES string of the molecule is O=C1CCCCC1OC(=O)C(F)(C1OOO1)C(F)(F)F. The molecule has 2 unspecified atom stereocenters. The molecule has 20 heavy (non-hydrogen) atoms. The molecule has 1 aliphatic carbocycles. The molecule has 0 radical (unpaired) electrons. The molecular weight excluding hydrogens is 292 g/mol. The van der Waals surface area contributed by atoms with Crippen molar-refractivity contribution < 1.29 is 46.7 Å². The number of carbonyl (C=O) groups excluding carboxylic acids is 2. The van der Waals surface area contributed by atoms with Gasteiger partial charge in [-0.1, -0.05) is 5.04 Å². The van der Waals surface area contributed by atoms with Crippen molar-refractivity contribution in [2.75, 3.05) is 0 Å². The lowest BCUT2D eigenvalue weighted by molar-refractivity contribution is -0.706. The van der Waals surface area contributed by atoms with Gasteiger partial charge in [-0.05, 0) is 19.3 Å². The average molecular weight is 302 g/mol. The number of hydrogen-bond donors (Lipinski definition) is 0. The summed E-state index contributed by atoms with van der Waals surface area (Å²) in [6, 6.07) is 0. The van der Waals surface area contributed by atoms with Gasteiger partial charge >= 0.3 is 17.8 Å². The molecule has 0 bridgehead atoms. The predicted octanol–water partition coefficient (Wildman–Crippen LogP) is 1.53. The van der Waals surface area contributed by atoms with Gasteiger partial charge < -0.3 is 4.74 Å². The number of Topliss-reactive ketones (excluding diaryl/α,β-unsaturated/α-hetero) is 1. The number of esters is 1. The first kappa shape index (κ1) is 15.1. The van der Waals surface area contributed by atoms with E-state index in [9.17, 15) is 27.2 Å². The van der Waals surface area contributed by atoms with Gasteiger partial charge in [-0.3, -0.25) is 4.79 Å². The van der Waals surface area contributed by atoms with Crippen molar-refractivity contribution in [2.45, 2.75) is 49.9 Å².